The summed E-state index contributed by atoms with van der Waals surface area (Å²) in [5.74, 6) is 0. The van der Waals surface area contributed by atoms with Crippen molar-refractivity contribution in [2.75, 3.05) is 13.6 Å². The highest BCUT2D eigenvalue weighted by molar-refractivity contribution is 9.10. The third-order valence-corrected chi connectivity index (χ3v) is 4.60. The molecule has 0 aliphatic heterocycles. The van der Waals surface area contributed by atoms with E-state index >= 15 is 0 Å². The number of rotatable bonds is 5. The SMILES string of the molecule is CN(Cc1ccc(Cl)cc1)C(CN)c1ccc(Cl)cc1Br. The van der Waals surface area contributed by atoms with Gasteiger partial charge in [0.25, 0.3) is 0 Å². The number of benzene rings is 2. The van der Waals surface area contributed by atoms with Crippen molar-refractivity contribution in [2.45, 2.75) is 12.6 Å². The van der Waals surface area contributed by atoms with Crippen molar-refractivity contribution < 1.29 is 0 Å². The Bertz CT molecular complexity index is 602. The summed E-state index contributed by atoms with van der Waals surface area (Å²) in [6.07, 6.45) is 0. The van der Waals surface area contributed by atoms with Gasteiger partial charge in [0.15, 0.2) is 0 Å². The molecule has 1 atom stereocenters. The second-order valence-corrected chi connectivity index (χ2v) is 6.69. The fraction of sp³-hybridized carbons (Fsp3) is 0.250. The Hall–Kier alpha value is -0.580. The van der Waals surface area contributed by atoms with Crippen LogP contribution in [0.5, 0.6) is 0 Å². The molecule has 0 aromatic heterocycles. The molecular formula is C16H17BrCl2N2. The number of halogens is 3. The quantitative estimate of drug-likeness (QED) is 0.791. The van der Waals surface area contributed by atoms with Crippen LogP contribution in [0.1, 0.15) is 17.2 Å². The molecule has 0 heterocycles. The van der Waals surface area contributed by atoms with Crippen LogP contribution in [0.25, 0.3) is 0 Å². The molecule has 2 aromatic carbocycles. The van der Waals surface area contributed by atoms with E-state index in [1.165, 1.54) is 5.56 Å². The molecule has 2 nitrogen and oxygen atoms in total. The van der Waals surface area contributed by atoms with E-state index in [4.69, 9.17) is 28.9 Å². The predicted octanol–water partition coefficient (Wildman–Crippen LogP) is 4.89. The van der Waals surface area contributed by atoms with Gasteiger partial charge in [-0.25, -0.2) is 0 Å². The molecule has 0 fully saturated rings. The van der Waals surface area contributed by atoms with Crippen LogP contribution in [0, 0.1) is 0 Å². The standard InChI is InChI=1S/C16H17BrCl2N2/c1-21(10-11-2-4-12(18)5-3-11)16(9-20)14-7-6-13(19)8-15(14)17/h2-8,16H,9-10,20H2,1H3. The lowest BCUT2D eigenvalue weighted by atomic mass is 10.0. The highest BCUT2D eigenvalue weighted by atomic mass is 79.9. The van der Waals surface area contributed by atoms with Crippen LogP contribution in [0.4, 0.5) is 0 Å². The van der Waals surface area contributed by atoms with E-state index in [-0.39, 0.29) is 6.04 Å². The van der Waals surface area contributed by atoms with Gasteiger partial charge >= 0.3 is 0 Å². The molecule has 0 aliphatic rings. The minimum absolute atomic E-state index is 0.118. The molecule has 0 spiro atoms. The van der Waals surface area contributed by atoms with Gasteiger partial charge in [0.05, 0.1) is 0 Å². The Morgan fingerprint density at radius 1 is 1.10 bits per heavy atom. The molecule has 0 amide bonds. The van der Waals surface area contributed by atoms with E-state index < -0.39 is 0 Å². The zero-order valence-corrected chi connectivity index (χ0v) is 14.8. The number of hydrogen-bond acceptors (Lipinski definition) is 2. The van der Waals surface area contributed by atoms with Gasteiger partial charge in [0.2, 0.25) is 0 Å². The smallest absolute Gasteiger partial charge is 0.0482 e. The second-order valence-electron chi connectivity index (χ2n) is 4.96. The monoisotopic (exact) mass is 386 g/mol. The van der Waals surface area contributed by atoms with Gasteiger partial charge in [-0.15, -0.1) is 0 Å². The number of nitrogens with two attached hydrogens (primary N) is 1. The van der Waals surface area contributed by atoms with E-state index in [1.807, 2.05) is 42.5 Å². The molecular weight excluding hydrogens is 371 g/mol. The average Bonchev–Trinajstić information content (AvgIpc) is 2.44. The molecule has 2 N–H and O–H groups in total. The summed E-state index contributed by atoms with van der Waals surface area (Å²) in [4.78, 5) is 2.22. The van der Waals surface area contributed by atoms with Gasteiger partial charge in [-0.2, -0.15) is 0 Å². The Balaban J connectivity index is 2.18. The lowest BCUT2D eigenvalue weighted by molar-refractivity contribution is 0.241. The Kier molecular flexibility index (Phi) is 6.08. The topological polar surface area (TPSA) is 29.3 Å². The summed E-state index contributed by atoms with van der Waals surface area (Å²) in [5.41, 5.74) is 8.31. The molecule has 2 rings (SSSR count). The van der Waals surface area contributed by atoms with E-state index in [0.717, 1.165) is 21.6 Å². The van der Waals surface area contributed by atoms with Gasteiger partial charge < -0.3 is 5.73 Å². The maximum Gasteiger partial charge on any atom is 0.0482 e. The van der Waals surface area contributed by atoms with Crippen LogP contribution in [-0.2, 0) is 6.54 Å². The van der Waals surface area contributed by atoms with Crippen molar-refractivity contribution in [1.82, 2.24) is 4.90 Å². The van der Waals surface area contributed by atoms with E-state index in [2.05, 4.69) is 27.9 Å². The molecule has 0 saturated heterocycles. The van der Waals surface area contributed by atoms with E-state index in [0.29, 0.717) is 11.6 Å². The van der Waals surface area contributed by atoms with Gasteiger partial charge in [-0.1, -0.05) is 57.3 Å². The summed E-state index contributed by atoms with van der Waals surface area (Å²) in [5, 5.41) is 1.46. The Morgan fingerprint density at radius 2 is 1.71 bits per heavy atom. The molecule has 5 heteroatoms. The fourth-order valence-corrected chi connectivity index (χ4v) is 3.38. The van der Waals surface area contributed by atoms with Crippen molar-refractivity contribution >= 4 is 39.1 Å². The van der Waals surface area contributed by atoms with Gasteiger partial charge in [-0.05, 0) is 42.4 Å². The third kappa shape index (κ3) is 4.44. The molecule has 1 unspecified atom stereocenters. The van der Waals surface area contributed by atoms with Crippen LogP contribution in [-0.4, -0.2) is 18.5 Å². The Labute approximate surface area is 144 Å². The first-order valence-corrected chi connectivity index (χ1v) is 8.16. The van der Waals surface area contributed by atoms with Crippen molar-refractivity contribution in [3.8, 4) is 0 Å². The summed E-state index contributed by atoms with van der Waals surface area (Å²) in [6.45, 7) is 1.33. The molecule has 21 heavy (non-hydrogen) atoms. The summed E-state index contributed by atoms with van der Waals surface area (Å²) in [7, 11) is 2.06. The second kappa shape index (κ2) is 7.61. The zero-order valence-electron chi connectivity index (χ0n) is 11.7. The molecule has 112 valence electrons. The fourth-order valence-electron chi connectivity index (χ4n) is 2.30. The van der Waals surface area contributed by atoms with Crippen LogP contribution >= 0.6 is 39.1 Å². The summed E-state index contributed by atoms with van der Waals surface area (Å²) < 4.78 is 0.980. The van der Waals surface area contributed by atoms with E-state index in [1.54, 1.807) is 0 Å². The van der Waals surface area contributed by atoms with Crippen molar-refractivity contribution in [1.29, 1.82) is 0 Å². The molecule has 2 aromatic rings. The molecule has 0 saturated carbocycles. The minimum Gasteiger partial charge on any atom is -0.329 e. The maximum absolute atomic E-state index is 6.00. The first kappa shape index (κ1) is 16.8. The highest BCUT2D eigenvalue weighted by Gasteiger charge is 2.18. The van der Waals surface area contributed by atoms with Crippen LogP contribution in [0.2, 0.25) is 10.0 Å². The number of hydrogen-bond donors (Lipinski definition) is 1. The lowest BCUT2D eigenvalue weighted by Gasteiger charge is -2.28. The first-order valence-electron chi connectivity index (χ1n) is 6.61. The molecule has 0 radical (unpaired) electrons. The van der Waals surface area contributed by atoms with Crippen molar-refractivity contribution in [3.63, 3.8) is 0 Å². The number of likely N-dealkylation sites (N-methyl/N-ethyl adjacent to an activating group) is 1. The zero-order chi connectivity index (χ0) is 15.4. The van der Waals surface area contributed by atoms with E-state index in [9.17, 15) is 0 Å². The maximum atomic E-state index is 6.00. The van der Waals surface area contributed by atoms with Crippen molar-refractivity contribution in [3.05, 3.63) is 68.1 Å². The average molecular weight is 388 g/mol. The van der Waals surface area contributed by atoms with Gasteiger partial charge in [0, 0.05) is 33.6 Å². The van der Waals surface area contributed by atoms with Gasteiger partial charge in [0.1, 0.15) is 0 Å². The highest BCUT2D eigenvalue weighted by Crippen LogP contribution is 2.30. The lowest BCUT2D eigenvalue weighted by Crippen LogP contribution is -2.30. The molecule has 0 aliphatic carbocycles. The third-order valence-electron chi connectivity index (χ3n) is 3.42. The predicted molar refractivity (Wildman–Crippen MR) is 93.9 cm³/mol. The van der Waals surface area contributed by atoms with Crippen LogP contribution < -0.4 is 5.73 Å². The Morgan fingerprint density at radius 3 is 2.29 bits per heavy atom. The minimum atomic E-state index is 0.118. The summed E-state index contributed by atoms with van der Waals surface area (Å²) in [6, 6.07) is 13.8. The largest absolute Gasteiger partial charge is 0.329 e. The first-order chi connectivity index (χ1) is 10.0. The summed E-state index contributed by atoms with van der Waals surface area (Å²) >= 11 is 15.5. The van der Waals surface area contributed by atoms with Crippen molar-refractivity contribution in [2.24, 2.45) is 5.73 Å². The number of nitrogens with zero attached hydrogens (tertiary/aromatic N) is 1. The normalized spacial score (nSPS) is 12.7. The van der Waals surface area contributed by atoms with Crippen LogP contribution in [0.3, 0.4) is 0 Å². The van der Waals surface area contributed by atoms with Crippen LogP contribution in [0.15, 0.2) is 46.9 Å². The van der Waals surface area contributed by atoms with Gasteiger partial charge in [-0.3, -0.25) is 4.90 Å². The molecule has 0 bridgehead atoms.